The van der Waals surface area contributed by atoms with Crippen molar-refractivity contribution in [2.24, 2.45) is 0 Å². The van der Waals surface area contributed by atoms with Crippen molar-refractivity contribution in [3.05, 3.63) is 89.5 Å². The molecule has 1 saturated heterocycles. The molecule has 192 valence electrons. The Labute approximate surface area is 217 Å². The number of benzene rings is 3. The highest BCUT2D eigenvalue weighted by Crippen LogP contribution is 2.43. The van der Waals surface area contributed by atoms with E-state index in [2.05, 4.69) is 0 Å². The average Bonchev–Trinajstić information content (AvgIpc) is 3.14. The lowest BCUT2D eigenvalue weighted by molar-refractivity contribution is -0.132. The van der Waals surface area contributed by atoms with Crippen molar-refractivity contribution in [3.63, 3.8) is 0 Å². The van der Waals surface area contributed by atoms with E-state index in [9.17, 15) is 14.7 Å². The van der Waals surface area contributed by atoms with E-state index in [1.165, 1.54) is 4.90 Å². The molecular formula is C30H32N2O5. The summed E-state index contributed by atoms with van der Waals surface area (Å²) >= 11 is 0. The Morgan fingerprint density at radius 2 is 1.51 bits per heavy atom. The molecule has 7 heteroatoms. The molecule has 1 amide bonds. The van der Waals surface area contributed by atoms with Crippen LogP contribution in [0.3, 0.4) is 0 Å². The minimum atomic E-state index is -0.815. The lowest BCUT2D eigenvalue weighted by Crippen LogP contribution is -2.29. The van der Waals surface area contributed by atoms with Crippen molar-refractivity contribution < 1.29 is 24.2 Å². The highest BCUT2D eigenvalue weighted by Gasteiger charge is 2.47. The highest BCUT2D eigenvalue weighted by molar-refractivity contribution is 6.51. The standard InChI is InChI=1S/C30H32N2O5/c1-6-36-24-15-9-21(10-16-24)28(33)26-27(20-7-17-25(18-8-20)37-19(2)3)32(30(35)29(26)34)23-13-11-22(12-14-23)31(4)5/h7-19,27,33H,6H2,1-5H3/b28-26+. The van der Waals surface area contributed by atoms with Gasteiger partial charge in [-0.1, -0.05) is 12.1 Å². The van der Waals surface area contributed by atoms with Crippen LogP contribution in [0, 0.1) is 0 Å². The molecule has 1 atom stereocenters. The second-order valence-electron chi connectivity index (χ2n) is 9.27. The minimum Gasteiger partial charge on any atom is -0.507 e. The quantitative estimate of drug-likeness (QED) is 0.248. The van der Waals surface area contributed by atoms with E-state index in [1.54, 1.807) is 36.4 Å². The maximum Gasteiger partial charge on any atom is 0.300 e. The molecule has 1 aliphatic heterocycles. The van der Waals surface area contributed by atoms with Gasteiger partial charge in [0.15, 0.2) is 0 Å². The number of aliphatic hydroxyl groups excluding tert-OH is 1. The van der Waals surface area contributed by atoms with Crippen molar-refractivity contribution in [1.29, 1.82) is 0 Å². The van der Waals surface area contributed by atoms with Crippen LogP contribution in [0.4, 0.5) is 11.4 Å². The summed E-state index contributed by atoms with van der Waals surface area (Å²) in [5.74, 6) is -0.343. The first-order valence-corrected chi connectivity index (χ1v) is 12.3. The van der Waals surface area contributed by atoms with Gasteiger partial charge in [-0.3, -0.25) is 14.5 Å². The van der Waals surface area contributed by atoms with E-state index in [-0.39, 0.29) is 17.4 Å². The normalized spacial score (nSPS) is 16.8. The third kappa shape index (κ3) is 5.31. The molecule has 3 aromatic rings. The Bertz CT molecular complexity index is 1290. The first-order chi connectivity index (χ1) is 17.7. The third-order valence-corrected chi connectivity index (χ3v) is 6.10. The van der Waals surface area contributed by atoms with Crippen LogP contribution >= 0.6 is 0 Å². The van der Waals surface area contributed by atoms with Crippen molar-refractivity contribution >= 4 is 28.8 Å². The fraction of sp³-hybridized carbons (Fsp3) is 0.267. The van der Waals surface area contributed by atoms with Crippen LogP contribution in [-0.2, 0) is 9.59 Å². The van der Waals surface area contributed by atoms with Gasteiger partial charge in [-0.15, -0.1) is 0 Å². The van der Waals surface area contributed by atoms with Crippen LogP contribution in [0.1, 0.15) is 37.9 Å². The molecule has 0 aromatic heterocycles. The number of rotatable bonds is 8. The topological polar surface area (TPSA) is 79.3 Å². The van der Waals surface area contributed by atoms with E-state index in [4.69, 9.17) is 9.47 Å². The van der Waals surface area contributed by atoms with E-state index in [0.717, 1.165) is 5.69 Å². The van der Waals surface area contributed by atoms with Gasteiger partial charge in [0.05, 0.1) is 24.3 Å². The number of nitrogens with zero attached hydrogens (tertiary/aromatic N) is 2. The predicted molar refractivity (Wildman–Crippen MR) is 145 cm³/mol. The summed E-state index contributed by atoms with van der Waals surface area (Å²) in [5, 5.41) is 11.3. The zero-order chi connectivity index (χ0) is 26.7. The first-order valence-electron chi connectivity index (χ1n) is 12.3. The number of ketones is 1. The summed E-state index contributed by atoms with van der Waals surface area (Å²) in [5.41, 5.74) is 2.66. The molecule has 0 bridgehead atoms. The molecule has 4 rings (SSSR count). The van der Waals surface area contributed by atoms with E-state index in [0.29, 0.717) is 34.9 Å². The summed E-state index contributed by atoms with van der Waals surface area (Å²) in [7, 11) is 3.86. The number of carbonyl (C=O) groups is 2. The van der Waals surface area contributed by atoms with Crippen LogP contribution < -0.4 is 19.3 Å². The molecule has 0 aliphatic carbocycles. The van der Waals surface area contributed by atoms with Gasteiger partial charge < -0.3 is 19.5 Å². The predicted octanol–water partition coefficient (Wildman–Crippen LogP) is 5.56. The van der Waals surface area contributed by atoms with Crippen molar-refractivity contribution in [1.82, 2.24) is 0 Å². The third-order valence-electron chi connectivity index (χ3n) is 6.10. The zero-order valence-electron chi connectivity index (χ0n) is 21.8. The van der Waals surface area contributed by atoms with Crippen molar-refractivity contribution in [2.75, 3.05) is 30.5 Å². The van der Waals surface area contributed by atoms with Crippen molar-refractivity contribution in [2.45, 2.75) is 32.9 Å². The largest absolute Gasteiger partial charge is 0.507 e. The number of hydrogen-bond acceptors (Lipinski definition) is 6. The number of hydrogen-bond donors (Lipinski definition) is 1. The van der Waals surface area contributed by atoms with Crippen molar-refractivity contribution in [3.8, 4) is 11.5 Å². The number of Topliss-reactive ketones (excluding diaryl/α,β-unsaturated/α-hetero) is 1. The van der Waals surface area contributed by atoms with E-state index >= 15 is 0 Å². The molecule has 7 nitrogen and oxygen atoms in total. The molecule has 0 radical (unpaired) electrons. The molecule has 1 aliphatic rings. The second kappa shape index (κ2) is 10.8. The average molecular weight is 501 g/mol. The number of carbonyl (C=O) groups excluding carboxylic acids is 2. The van der Waals surface area contributed by atoms with Crippen LogP contribution in [0.2, 0.25) is 0 Å². The molecule has 1 unspecified atom stereocenters. The van der Waals surface area contributed by atoms with Gasteiger partial charge in [-0.2, -0.15) is 0 Å². The minimum absolute atomic E-state index is 0.00589. The van der Waals surface area contributed by atoms with Crippen LogP contribution in [-0.4, -0.2) is 43.6 Å². The van der Waals surface area contributed by atoms with Crippen LogP contribution in [0.5, 0.6) is 11.5 Å². The smallest absolute Gasteiger partial charge is 0.300 e. The number of anilines is 2. The first kappa shape index (κ1) is 25.8. The summed E-state index contributed by atoms with van der Waals surface area (Å²) in [4.78, 5) is 30.2. The van der Waals surface area contributed by atoms with Crippen LogP contribution in [0.25, 0.3) is 5.76 Å². The van der Waals surface area contributed by atoms with Gasteiger partial charge in [0, 0.05) is 31.0 Å². The molecule has 0 spiro atoms. The number of ether oxygens (including phenoxy) is 2. The summed E-state index contributed by atoms with van der Waals surface area (Å²) in [6.07, 6.45) is 0.00589. The Kier molecular flexibility index (Phi) is 7.53. The number of amides is 1. The summed E-state index contributed by atoms with van der Waals surface area (Å²) in [6.45, 7) is 6.28. The number of aliphatic hydroxyl groups is 1. The Hall–Kier alpha value is -4.26. The molecule has 1 N–H and O–H groups in total. The van der Waals surface area contributed by atoms with E-state index < -0.39 is 17.7 Å². The van der Waals surface area contributed by atoms with Gasteiger partial charge in [-0.25, -0.2) is 0 Å². The molecular weight excluding hydrogens is 468 g/mol. The molecule has 1 heterocycles. The maximum absolute atomic E-state index is 13.4. The molecule has 1 fully saturated rings. The molecule has 0 saturated carbocycles. The fourth-order valence-electron chi connectivity index (χ4n) is 4.36. The monoisotopic (exact) mass is 500 g/mol. The maximum atomic E-state index is 13.4. The highest BCUT2D eigenvalue weighted by atomic mass is 16.5. The summed E-state index contributed by atoms with van der Waals surface area (Å²) < 4.78 is 11.3. The molecule has 3 aromatic carbocycles. The second-order valence-corrected chi connectivity index (χ2v) is 9.27. The van der Waals surface area contributed by atoms with Gasteiger partial charge in [0.2, 0.25) is 0 Å². The fourth-order valence-corrected chi connectivity index (χ4v) is 4.36. The van der Waals surface area contributed by atoms with Gasteiger partial charge in [0.1, 0.15) is 17.3 Å². The van der Waals surface area contributed by atoms with Gasteiger partial charge in [0.25, 0.3) is 11.7 Å². The lowest BCUT2D eigenvalue weighted by atomic mass is 9.95. The zero-order valence-corrected chi connectivity index (χ0v) is 21.8. The molecule has 37 heavy (non-hydrogen) atoms. The summed E-state index contributed by atoms with van der Waals surface area (Å²) in [6, 6.07) is 20.6. The SMILES string of the molecule is CCOc1ccc(/C(O)=C2\C(=O)C(=O)N(c3ccc(N(C)C)cc3)C2c2ccc(OC(C)C)cc2)cc1. The van der Waals surface area contributed by atoms with Gasteiger partial charge in [-0.05, 0) is 87.0 Å². The van der Waals surface area contributed by atoms with Gasteiger partial charge >= 0.3 is 0 Å². The Morgan fingerprint density at radius 3 is 2.05 bits per heavy atom. The Morgan fingerprint density at radius 1 is 0.919 bits per heavy atom. The van der Waals surface area contributed by atoms with Crippen LogP contribution in [0.15, 0.2) is 78.4 Å². The Balaban J connectivity index is 1.84. The lowest BCUT2D eigenvalue weighted by Gasteiger charge is -2.26. The van der Waals surface area contributed by atoms with E-state index in [1.807, 2.05) is 76.2 Å².